The van der Waals surface area contributed by atoms with E-state index in [0.29, 0.717) is 25.2 Å². The molecule has 35 heavy (non-hydrogen) atoms. The van der Waals surface area contributed by atoms with Gasteiger partial charge in [0.1, 0.15) is 0 Å². The van der Waals surface area contributed by atoms with Crippen LogP contribution in [0, 0.1) is 0 Å². The molecule has 9 heteroatoms. The monoisotopic (exact) mass is 499 g/mol. The number of hydrogen-bond donors (Lipinski definition) is 6. The van der Waals surface area contributed by atoms with Crippen LogP contribution in [0.3, 0.4) is 0 Å². The number of aliphatic hydroxyl groups excluding tert-OH is 3. The van der Waals surface area contributed by atoms with Crippen molar-refractivity contribution in [1.82, 2.24) is 16.0 Å². The smallest absolute Gasteiger partial charge is 0.246 e. The standard InChI is InChI=1S/2C9H17NO2.C8H15NO2/c1-8(2)9(12)10-6-4-3-5-7-11;1-2-9(12)10-7-5-3-4-6-8-11;1-2-8(11)9-6-4-3-5-7-10/h11H,1,3-7H2,2H3,(H,10,12);2,11H,1,3-8H2,(H,10,12);2,10H,1,3-7H2,(H,9,11). The molecule has 0 unspecified atom stereocenters. The first kappa shape index (κ1) is 37.1. The van der Waals surface area contributed by atoms with Crippen molar-refractivity contribution in [2.75, 3.05) is 39.5 Å². The van der Waals surface area contributed by atoms with Gasteiger partial charge in [-0.1, -0.05) is 32.6 Å². The number of carbonyl (C=O) groups excluding carboxylic acids is 3. The Labute approximate surface area is 211 Å². The van der Waals surface area contributed by atoms with Gasteiger partial charge in [0.15, 0.2) is 0 Å². The summed E-state index contributed by atoms with van der Waals surface area (Å²) in [6, 6.07) is 0. The molecule has 9 nitrogen and oxygen atoms in total. The molecule has 0 saturated carbocycles. The van der Waals surface area contributed by atoms with Crippen molar-refractivity contribution in [3.05, 3.63) is 37.5 Å². The number of rotatable bonds is 19. The highest BCUT2D eigenvalue weighted by Gasteiger charge is 1.98. The molecule has 3 amide bonds. The van der Waals surface area contributed by atoms with Crippen LogP contribution >= 0.6 is 0 Å². The van der Waals surface area contributed by atoms with Crippen molar-refractivity contribution >= 4 is 17.7 Å². The molecule has 0 heterocycles. The molecule has 0 atom stereocenters. The van der Waals surface area contributed by atoms with Gasteiger partial charge in [0.2, 0.25) is 17.7 Å². The van der Waals surface area contributed by atoms with Crippen LogP contribution in [0.4, 0.5) is 0 Å². The Morgan fingerprint density at radius 2 is 0.914 bits per heavy atom. The van der Waals surface area contributed by atoms with Gasteiger partial charge in [-0.25, -0.2) is 0 Å². The van der Waals surface area contributed by atoms with Gasteiger partial charge in [-0.3, -0.25) is 14.4 Å². The minimum atomic E-state index is -0.131. The number of hydrogen-bond acceptors (Lipinski definition) is 6. The normalized spacial score (nSPS) is 9.37. The van der Waals surface area contributed by atoms with Gasteiger partial charge < -0.3 is 31.3 Å². The Hall–Kier alpha value is -2.49. The molecule has 0 aromatic rings. The summed E-state index contributed by atoms with van der Waals surface area (Å²) < 4.78 is 0. The van der Waals surface area contributed by atoms with Gasteiger partial charge in [0.25, 0.3) is 0 Å². The van der Waals surface area contributed by atoms with E-state index in [9.17, 15) is 14.4 Å². The molecule has 0 aromatic heterocycles. The number of nitrogens with one attached hydrogen (secondary N) is 3. The quantitative estimate of drug-likeness (QED) is 0.118. The molecule has 6 N–H and O–H groups in total. The Morgan fingerprint density at radius 1 is 0.600 bits per heavy atom. The summed E-state index contributed by atoms with van der Waals surface area (Å²) in [6.45, 7) is 14.6. The van der Waals surface area contributed by atoms with Crippen molar-refractivity contribution in [3.8, 4) is 0 Å². The van der Waals surface area contributed by atoms with E-state index in [4.69, 9.17) is 15.3 Å². The lowest BCUT2D eigenvalue weighted by molar-refractivity contribution is -0.118. The van der Waals surface area contributed by atoms with Crippen LogP contribution in [-0.4, -0.2) is 72.5 Å². The molecule has 0 bridgehead atoms. The Kier molecular flexibility index (Phi) is 33.4. The number of unbranched alkanes of at least 4 members (excludes halogenated alkanes) is 7. The van der Waals surface area contributed by atoms with Gasteiger partial charge >= 0.3 is 0 Å². The second-order valence-corrected chi connectivity index (χ2v) is 7.73. The fourth-order valence-electron chi connectivity index (χ4n) is 2.34. The van der Waals surface area contributed by atoms with Gasteiger partial charge in [-0.15, -0.1) is 0 Å². The number of aliphatic hydroxyl groups is 3. The second kappa shape index (κ2) is 31.5. The molecular formula is C26H49N3O6. The fraction of sp³-hybridized carbons (Fsp3) is 0.654. The molecule has 0 spiro atoms. The molecule has 0 fully saturated rings. The molecule has 0 aliphatic heterocycles. The van der Waals surface area contributed by atoms with Crippen LogP contribution in [0.1, 0.15) is 71.1 Å². The molecule has 0 rings (SSSR count). The summed E-state index contributed by atoms with van der Waals surface area (Å²) in [5.41, 5.74) is 0.539. The maximum atomic E-state index is 10.9. The Bertz CT molecular complexity index is 565. The zero-order valence-corrected chi connectivity index (χ0v) is 21.7. The average molecular weight is 500 g/mol. The van der Waals surface area contributed by atoms with E-state index >= 15 is 0 Å². The highest BCUT2D eigenvalue weighted by atomic mass is 16.3. The van der Waals surface area contributed by atoms with Crippen LogP contribution in [0.15, 0.2) is 37.5 Å². The Morgan fingerprint density at radius 3 is 1.23 bits per heavy atom. The first-order valence-corrected chi connectivity index (χ1v) is 12.4. The summed E-state index contributed by atoms with van der Waals surface area (Å²) >= 11 is 0. The third-order valence-corrected chi connectivity index (χ3v) is 4.40. The van der Waals surface area contributed by atoms with Crippen LogP contribution in [-0.2, 0) is 14.4 Å². The summed E-state index contributed by atoms with van der Waals surface area (Å²) in [6.07, 6.45) is 11.8. The summed E-state index contributed by atoms with van der Waals surface area (Å²) in [5.74, 6) is -0.329. The second-order valence-electron chi connectivity index (χ2n) is 7.73. The predicted octanol–water partition coefficient (Wildman–Crippen LogP) is 2.13. The van der Waals surface area contributed by atoms with Gasteiger partial charge in [0.05, 0.1) is 0 Å². The fourth-order valence-corrected chi connectivity index (χ4v) is 2.34. The first-order valence-electron chi connectivity index (χ1n) is 12.4. The summed E-state index contributed by atoms with van der Waals surface area (Å²) in [5, 5.41) is 33.4. The lowest BCUT2D eigenvalue weighted by Crippen LogP contribution is -2.24. The molecule has 0 aromatic carbocycles. The zero-order valence-electron chi connectivity index (χ0n) is 21.7. The third kappa shape index (κ3) is 36.3. The molecule has 0 saturated heterocycles. The van der Waals surface area contributed by atoms with E-state index in [1.54, 1.807) is 6.92 Å². The minimum Gasteiger partial charge on any atom is -0.396 e. The van der Waals surface area contributed by atoms with Crippen molar-refractivity contribution in [1.29, 1.82) is 0 Å². The van der Waals surface area contributed by atoms with E-state index in [1.807, 2.05) is 0 Å². The van der Waals surface area contributed by atoms with E-state index in [0.717, 1.165) is 64.2 Å². The largest absolute Gasteiger partial charge is 0.396 e. The molecule has 0 radical (unpaired) electrons. The summed E-state index contributed by atoms with van der Waals surface area (Å²) in [4.78, 5) is 32.1. The van der Waals surface area contributed by atoms with Crippen LogP contribution in [0.2, 0.25) is 0 Å². The van der Waals surface area contributed by atoms with E-state index in [1.165, 1.54) is 12.2 Å². The van der Waals surface area contributed by atoms with E-state index in [-0.39, 0.29) is 37.5 Å². The SMILES string of the molecule is C=C(C)C(=O)NCCCCCO.C=CC(=O)NCCCCCCO.C=CC(=O)NCCCCCO. The van der Waals surface area contributed by atoms with E-state index in [2.05, 4.69) is 35.7 Å². The highest BCUT2D eigenvalue weighted by molar-refractivity contribution is 5.92. The van der Waals surface area contributed by atoms with Crippen LogP contribution < -0.4 is 16.0 Å². The van der Waals surface area contributed by atoms with Crippen molar-refractivity contribution in [2.45, 2.75) is 71.1 Å². The first-order chi connectivity index (χ1) is 16.8. The highest BCUT2D eigenvalue weighted by Crippen LogP contribution is 1.97. The number of carbonyl (C=O) groups is 3. The topological polar surface area (TPSA) is 148 Å². The van der Waals surface area contributed by atoms with Crippen molar-refractivity contribution in [3.63, 3.8) is 0 Å². The Balaban J connectivity index is -0.000000439. The minimum absolute atomic E-state index is 0.0843. The maximum absolute atomic E-state index is 10.9. The van der Waals surface area contributed by atoms with Crippen LogP contribution in [0.5, 0.6) is 0 Å². The molecule has 0 aliphatic carbocycles. The van der Waals surface area contributed by atoms with Gasteiger partial charge in [0, 0.05) is 45.0 Å². The molecule has 204 valence electrons. The zero-order chi connectivity index (χ0) is 27.2. The van der Waals surface area contributed by atoms with E-state index < -0.39 is 0 Å². The number of amides is 3. The summed E-state index contributed by atoms with van der Waals surface area (Å²) in [7, 11) is 0. The van der Waals surface area contributed by atoms with Crippen molar-refractivity contribution in [2.24, 2.45) is 0 Å². The maximum Gasteiger partial charge on any atom is 0.246 e. The molecule has 0 aliphatic rings. The lowest BCUT2D eigenvalue weighted by Gasteiger charge is -2.03. The lowest BCUT2D eigenvalue weighted by atomic mass is 10.2. The average Bonchev–Trinajstić information content (AvgIpc) is 2.86. The van der Waals surface area contributed by atoms with Crippen molar-refractivity contribution < 1.29 is 29.7 Å². The van der Waals surface area contributed by atoms with Gasteiger partial charge in [-0.05, 0) is 70.4 Å². The molecular weight excluding hydrogens is 450 g/mol. The third-order valence-electron chi connectivity index (χ3n) is 4.40. The van der Waals surface area contributed by atoms with Gasteiger partial charge in [-0.2, -0.15) is 0 Å². The predicted molar refractivity (Wildman–Crippen MR) is 142 cm³/mol. The van der Waals surface area contributed by atoms with Crippen LogP contribution in [0.25, 0.3) is 0 Å².